The van der Waals surface area contributed by atoms with Gasteiger partial charge in [-0.15, -0.1) is 0 Å². The third kappa shape index (κ3) is 3.17. The molecule has 2 aromatic heterocycles. The lowest BCUT2D eigenvalue weighted by atomic mass is 10.1. The molecule has 2 heterocycles. The van der Waals surface area contributed by atoms with Crippen LogP contribution in [0.2, 0.25) is 0 Å². The second kappa shape index (κ2) is 6.17. The summed E-state index contributed by atoms with van der Waals surface area (Å²) in [6, 6.07) is 11.3. The number of aryl methyl sites for hydroxylation is 1. The van der Waals surface area contributed by atoms with Crippen molar-refractivity contribution in [3.8, 4) is 11.4 Å². The van der Waals surface area contributed by atoms with Crippen LogP contribution < -0.4 is 5.32 Å². The molecule has 1 amide bonds. The van der Waals surface area contributed by atoms with E-state index in [2.05, 4.69) is 20.4 Å². The number of pyridine rings is 1. The molecule has 3 aromatic rings. The number of benzene rings is 1. The van der Waals surface area contributed by atoms with E-state index in [0.717, 1.165) is 16.7 Å². The van der Waals surface area contributed by atoms with Crippen molar-refractivity contribution in [2.24, 2.45) is 0 Å². The number of nitrogens with zero attached hydrogens (tertiary/aromatic N) is 3. The summed E-state index contributed by atoms with van der Waals surface area (Å²) in [6.45, 7) is 2.36. The maximum absolute atomic E-state index is 12.0. The second-order valence-electron chi connectivity index (χ2n) is 4.83. The van der Waals surface area contributed by atoms with E-state index in [1.807, 2.05) is 43.3 Å². The molecule has 0 aliphatic heterocycles. The van der Waals surface area contributed by atoms with Crippen molar-refractivity contribution in [2.75, 3.05) is 0 Å². The van der Waals surface area contributed by atoms with Gasteiger partial charge in [0.05, 0.1) is 0 Å². The molecular formula is C16H14N4O2. The molecule has 0 atom stereocenters. The van der Waals surface area contributed by atoms with Gasteiger partial charge in [-0.25, -0.2) is 0 Å². The van der Waals surface area contributed by atoms with Crippen LogP contribution in [0.3, 0.4) is 0 Å². The van der Waals surface area contributed by atoms with Crippen LogP contribution in [0.4, 0.5) is 0 Å². The highest BCUT2D eigenvalue weighted by Gasteiger charge is 2.15. The standard InChI is InChI=1S/C16H14N4O2/c1-11-3-2-4-13(9-11)14-19-16(22-20-14)15(21)18-10-12-5-7-17-8-6-12/h2-9H,10H2,1H3,(H,18,21). The van der Waals surface area contributed by atoms with Crippen LogP contribution in [0.1, 0.15) is 21.8 Å². The van der Waals surface area contributed by atoms with Crippen LogP contribution in [0.15, 0.2) is 53.3 Å². The van der Waals surface area contributed by atoms with Crippen LogP contribution in [-0.4, -0.2) is 21.0 Å². The van der Waals surface area contributed by atoms with Crippen molar-refractivity contribution < 1.29 is 9.32 Å². The number of aromatic nitrogens is 3. The van der Waals surface area contributed by atoms with Gasteiger partial charge in [0.25, 0.3) is 0 Å². The molecule has 0 fully saturated rings. The first kappa shape index (κ1) is 13.9. The van der Waals surface area contributed by atoms with Crippen LogP contribution >= 0.6 is 0 Å². The molecule has 0 bridgehead atoms. The first-order chi connectivity index (χ1) is 10.7. The van der Waals surface area contributed by atoms with Gasteiger partial charge in [0, 0.05) is 24.5 Å². The summed E-state index contributed by atoms with van der Waals surface area (Å²) in [7, 11) is 0. The summed E-state index contributed by atoms with van der Waals surface area (Å²) < 4.78 is 5.02. The third-order valence-electron chi connectivity index (χ3n) is 3.10. The first-order valence-corrected chi connectivity index (χ1v) is 6.80. The number of hydrogen-bond acceptors (Lipinski definition) is 5. The van der Waals surface area contributed by atoms with E-state index in [-0.39, 0.29) is 5.89 Å². The first-order valence-electron chi connectivity index (χ1n) is 6.80. The van der Waals surface area contributed by atoms with Crippen molar-refractivity contribution in [1.82, 2.24) is 20.4 Å². The van der Waals surface area contributed by atoms with E-state index in [4.69, 9.17) is 4.52 Å². The van der Waals surface area contributed by atoms with Gasteiger partial charge >= 0.3 is 11.8 Å². The molecule has 0 spiro atoms. The fraction of sp³-hybridized carbons (Fsp3) is 0.125. The molecule has 22 heavy (non-hydrogen) atoms. The summed E-state index contributed by atoms with van der Waals surface area (Å²) in [6.07, 6.45) is 3.34. The molecule has 0 radical (unpaired) electrons. The predicted molar refractivity (Wildman–Crippen MR) is 79.9 cm³/mol. The predicted octanol–water partition coefficient (Wildman–Crippen LogP) is 2.37. The summed E-state index contributed by atoms with van der Waals surface area (Å²) >= 11 is 0. The van der Waals surface area contributed by atoms with Gasteiger partial charge in [-0.3, -0.25) is 9.78 Å². The van der Waals surface area contributed by atoms with E-state index in [9.17, 15) is 4.79 Å². The summed E-state index contributed by atoms with van der Waals surface area (Å²) in [5, 5.41) is 6.58. The van der Waals surface area contributed by atoms with E-state index in [1.165, 1.54) is 0 Å². The number of amides is 1. The topological polar surface area (TPSA) is 80.9 Å². The summed E-state index contributed by atoms with van der Waals surface area (Å²) in [5.41, 5.74) is 2.85. The van der Waals surface area contributed by atoms with Gasteiger partial charge in [0.2, 0.25) is 5.82 Å². The Labute approximate surface area is 127 Å². The number of hydrogen-bond donors (Lipinski definition) is 1. The Kier molecular flexibility index (Phi) is 3.91. The van der Waals surface area contributed by atoms with E-state index in [1.54, 1.807) is 12.4 Å². The quantitative estimate of drug-likeness (QED) is 0.799. The maximum atomic E-state index is 12.0. The van der Waals surface area contributed by atoms with E-state index >= 15 is 0 Å². The highest BCUT2D eigenvalue weighted by atomic mass is 16.5. The largest absolute Gasteiger partial charge is 0.344 e. The Morgan fingerprint density at radius 2 is 2.05 bits per heavy atom. The zero-order valence-electron chi connectivity index (χ0n) is 12.0. The van der Waals surface area contributed by atoms with Crippen LogP contribution in [0.25, 0.3) is 11.4 Å². The van der Waals surface area contributed by atoms with Gasteiger partial charge in [0.15, 0.2) is 0 Å². The highest BCUT2D eigenvalue weighted by Crippen LogP contribution is 2.16. The van der Waals surface area contributed by atoms with Crippen molar-refractivity contribution in [1.29, 1.82) is 0 Å². The molecular weight excluding hydrogens is 280 g/mol. The van der Waals surface area contributed by atoms with Crippen molar-refractivity contribution >= 4 is 5.91 Å². The third-order valence-corrected chi connectivity index (χ3v) is 3.10. The molecule has 1 N–H and O–H groups in total. The van der Waals surface area contributed by atoms with Gasteiger partial charge in [-0.05, 0) is 30.7 Å². The van der Waals surface area contributed by atoms with E-state index in [0.29, 0.717) is 12.4 Å². The monoisotopic (exact) mass is 294 g/mol. The Morgan fingerprint density at radius 1 is 1.23 bits per heavy atom. The molecule has 110 valence electrons. The van der Waals surface area contributed by atoms with Gasteiger partial charge in [-0.2, -0.15) is 4.98 Å². The highest BCUT2D eigenvalue weighted by molar-refractivity contribution is 5.89. The SMILES string of the molecule is Cc1cccc(-c2noc(C(=O)NCc3ccncc3)n2)c1. The molecule has 6 nitrogen and oxygen atoms in total. The van der Waals surface area contributed by atoms with E-state index < -0.39 is 5.91 Å². The van der Waals surface area contributed by atoms with Crippen LogP contribution in [0.5, 0.6) is 0 Å². The van der Waals surface area contributed by atoms with Crippen molar-refractivity contribution in [2.45, 2.75) is 13.5 Å². The second-order valence-corrected chi connectivity index (χ2v) is 4.83. The zero-order chi connectivity index (χ0) is 15.4. The maximum Gasteiger partial charge on any atom is 0.316 e. The average Bonchev–Trinajstić information content (AvgIpc) is 3.04. The molecule has 0 aliphatic rings. The fourth-order valence-corrected chi connectivity index (χ4v) is 1.98. The molecule has 1 aromatic carbocycles. The molecule has 0 saturated carbocycles. The molecule has 0 unspecified atom stereocenters. The Balaban J connectivity index is 1.69. The lowest BCUT2D eigenvalue weighted by Gasteiger charge is -2.01. The molecule has 0 aliphatic carbocycles. The van der Waals surface area contributed by atoms with Gasteiger partial charge < -0.3 is 9.84 Å². The molecule has 0 saturated heterocycles. The number of carbonyl (C=O) groups excluding carboxylic acids is 1. The minimum Gasteiger partial charge on any atom is -0.344 e. The molecule has 6 heteroatoms. The Bertz CT molecular complexity index is 784. The summed E-state index contributed by atoms with van der Waals surface area (Å²) in [5.74, 6) is -0.0495. The Hall–Kier alpha value is -3.02. The zero-order valence-corrected chi connectivity index (χ0v) is 12.0. The lowest BCUT2D eigenvalue weighted by molar-refractivity contribution is 0.0907. The molecule has 3 rings (SSSR count). The summed E-state index contributed by atoms with van der Waals surface area (Å²) in [4.78, 5) is 20.1. The van der Waals surface area contributed by atoms with Gasteiger partial charge in [0.1, 0.15) is 0 Å². The average molecular weight is 294 g/mol. The van der Waals surface area contributed by atoms with Crippen LogP contribution in [-0.2, 0) is 6.54 Å². The van der Waals surface area contributed by atoms with Crippen molar-refractivity contribution in [3.05, 3.63) is 65.8 Å². The smallest absolute Gasteiger partial charge is 0.316 e. The Morgan fingerprint density at radius 3 is 2.82 bits per heavy atom. The minimum absolute atomic E-state index is 0.0504. The van der Waals surface area contributed by atoms with Crippen LogP contribution in [0, 0.1) is 6.92 Å². The van der Waals surface area contributed by atoms with Gasteiger partial charge in [-0.1, -0.05) is 28.9 Å². The number of nitrogens with one attached hydrogen (secondary N) is 1. The minimum atomic E-state index is -0.400. The number of carbonyl (C=O) groups is 1. The normalized spacial score (nSPS) is 10.4. The number of rotatable bonds is 4. The lowest BCUT2D eigenvalue weighted by Crippen LogP contribution is -2.23. The fourth-order valence-electron chi connectivity index (χ4n) is 1.98. The van der Waals surface area contributed by atoms with Crippen molar-refractivity contribution in [3.63, 3.8) is 0 Å².